The molecule has 1 aromatic carbocycles. The molecule has 0 unspecified atom stereocenters. The Balaban J connectivity index is 2.61. The highest BCUT2D eigenvalue weighted by Crippen LogP contribution is 2.22. The first-order chi connectivity index (χ1) is 6.86. The molecule has 0 atom stereocenters. The molecule has 0 aliphatic heterocycles. The molecule has 1 aromatic heterocycles. The first kappa shape index (κ1) is 9.98. The minimum Gasteiger partial charge on any atom is -0.338 e. The number of hydrogen-bond donors (Lipinski definition) is 1. The smallest absolute Gasteiger partial charge is 0.0742 e. The van der Waals surface area contributed by atoms with E-state index >= 15 is 0 Å². The second kappa shape index (κ2) is 4.31. The molecule has 3 heteroatoms. The maximum Gasteiger partial charge on any atom is 0.0742 e. The zero-order chi connectivity index (χ0) is 9.97. The number of benzene rings is 1. The molecule has 0 amide bonds. The van der Waals surface area contributed by atoms with Gasteiger partial charge in [-0.3, -0.25) is 0 Å². The second-order valence-electron chi connectivity index (χ2n) is 3.30. The molecule has 14 heavy (non-hydrogen) atoms. The van der Waals surface area contributed by atoms with Crippen molar-refractivity contribution < 1.29 is 0 Å². The van der Waals surface area contributed by atoms with Crippen molar-refractivity contribution in [3.05, 3.63) is 36.0 Å². The van der Waals surface area contributed by atoms with E-state index in [9.17, 15) is 0 Å². The molecule has 0 spiro atoms. The highest BCUT2D eigenvalue weighted by molar-refractivity contribution is 14.1. The number of hydrogen-bond acceptors (Lipinski definition) is 1. The predicted octanol–water partition coefficient (Wildman–Crippen LogP) is 2.54. The minimum atomic E-state index is 0.718. The van der Waals surface area contributed by atoms with E-state index in [2.05, 4.69) is 57.6 Å². The molecule has 0 bridgehead atoms. The van der Waals surface area contributed by atoms with Crippen molar-refractivity contribution in [2.75, 3.05) is 6.54 Å². The van der Waals surface area contributed by atoms with Gasteiger partial charge in [0.15, 0.2) is 0 Å². The molecule has 2 aromatic rings. The summed E-state index contributed by atoms with van der Waals surface area (Å²) >= 11 is 2.37. The van der Waals surface area contributed by atoms with E-state index in [1.807, 2.05) is 0 Å². The van der Waals surface area contributed by atoms with Crippen molar-refractivity contribution in [3.8, 4) is 0 Å². The quantitative estimate of drug-likeness (QED) is 0.685. The van der Waals surface area contributed by atoms with Gasteiger partial charge in [0, 0.05) is 17.1 Å². The SMILES string of the molecule is NCCc1cn(CI)c2ccccc12. The number of aromatic nitrogens is 1. The zero-order valence-corrected chi connectivity index (χ0v) is 10.1. The van der Waals surface area contributed by atoms with Crippen LogP contribution in [0.3, 0.4) is 0 Å². The summed E-state index contributed by atoms with van der Waals surface area (Å²) in [6, 6.07) is 8.49. The minimum absolute atomic E-state index is 0.718. The van der Waals surface area contributed by atoms with Crippen molar-refractivity contribution in [3.63, 3.8) is 0 Å². The van der Waals surface area contributed by atoms with E-state index in [1.54, 1.807) is 0 Å². The highest BCUT2D eigenvalue weighted by Gasteiger charge is 2.05. The first-order valence-electron chi connectivity index (χ1n) is 4.69. The zero-order valence-electron chi connectivity index (χ0n) is 7.91. The van der Waals surface area contributed by atoms with Crippen LogP contribution in [0.2, 0.25) is 0 Å². The van der Waals surface area contributed by atoms with Crippen molar-refractivity contribution in [2.45, 2.75) is 11.0 Å². The predicted molar refractivity (Wildman–Crippen MR) is 68.7 cm³/mol. The Morgan fingerprint density at radius 3 is 2.79 bits per heavy atom. The summed E-state index contributed by atoms with van der Waals surface area (Å²) in [5.74, 6) is 0. The topological polar surface area (TPSA) is 30.9 Å². The van der Waals surface area contributed by atoms with Gasteiger partial charge in [0.05, 0.1) is 4.55 Å². The van der Waals surface area contributed by atoms with Gasteiger partial charge in [-0.15, -0.1) is 0 Å². The second-order valence-corrected chi connectivity index (χ2v) is 3.98. The maximum atomic E-state index is 5.59. The molecular formula is C11H13IN2. The molecule has 0 radical (unpaired) electrons. The molecule has 2 rings (SSSR count). The summed E-state index contributed by atoms with van der Waals surface area (Å²) < 4.78 is 3.25. The average molecular weight is 300 g/mol. The van der Waals surface area contributed by atoms with Crippen LogP contribution in [0.1, 0.15) is 5.56 Å². The lowest BCUT2D eigenvalue weighted by Gasteiger charge is -1.97. The summed E-state index contributed by atoms with van der Waals surface area (Å²) in [6.07, 6.45) is 3.17. The van der Waals surface area contributed by atoms with Crippen LogP contribution in [0, 0.1) is 0 Å². The lowest BCUT2D eigenvalue weighted by Crippen LogP contribution is -2.01. The standard InChI is InChI=1S/C11H13IN2/c12-8-14-7-9(5-6-13)10-3-1-2-4-11(10)14/h1-4,7H,5-6,8,13H2. The normalized spacial score (nSPS) is 11.0. The number of nitrogens with two attached hydrogens (primary N) is 1. The summed E-state index contributed by atoms with van der Waals surface area (Å²) in [5.41, 5.74) is 8.26. The van der Waals surface area contributed by atoms with E-state index in [-0.39, 0.29) is 0 Å². The fourth-order valence-electron chi connectivity index (χ4n) is 1.78. The highest BCUT2D eigenvalue weighted by atomic mass is 127. The number of nitrogens with zero attached hydrogens (tertiary/aromatic N) is 1. The summed E-state index contributed by atoms with van der Waals surface area (Å²) in [5, 5.41) is 1.34. The van der Waals surface area contributed by atoms with Crippen LogP contribution in [-0.2, 0) is 11.0 Å². The van der Waals surface area contributed by atoms with Crippen molar-refractivity contribution in [1.82, 2.24) is 4.57 Å². The largest absolute Gasteiger partial charge is 0.338 e. The monoisotopic (exact) mass is 300 g/mol. The van der Waals surface area contributed by atoms with Crippen LogP contribution >= 0.6 is 22.6 Å². The van der Waals surface area contributed by atoms with Crippen LogP contribution in [-0.4, -0.2) is 11.1 Å². The third kappa shape index (κ3) is 1.66. The fraction of sp³-hybridized carbons (Fsp3) is 0.273. The Morgan fingerprint density at radius 2 is 2.07 bits per heavy atom. The van der Waals surface area contributed by atoms with Crippen LogP contribution in [0.5, 0.6) is 0 Å². The van der Waals surface area contributed by atoms with Gasteiger partial charge in [-0.05, 0) is 24.6 Å². The van der Waals surface area contributed by atoms with Crippen LogP contribution < -0.4 is 5.73 Å². The molecule has 0 fully saturated rings. The van der Waals surface area contributed by atoms with Gasteiger partial charge < -0.3 is 10.3 Å². The van der Waals surface area contributed by atoms with Crippen molar-refractivity contribution >= 4 is 33.5 Å². The Morgan fingerprint density at radius 1 is 1.29 bits per heavy atom. The lowest BCUT2D eigenvalue weighted by molar-refractivity contribution is 0.929. The Hall–Kier alpha value is -0.550. The summed E-state index contributed by atoms with van der Waals surface area (Å²) in [6.45, 7) is 0.718. The van der Waals surface area contributed by atoms with E-state index in [0.29, 0.717) is 0 Å². The number of para-hydroxylation sites is 1. The lowest BCUT2D eigenvalue weighted by atomic mass is 10.1. The van der Waals surface area contributed by atoms with Gasteiger partial charge in [-0.1, -0.05) is 40.8 Å². The van der Waals surface area contributed by atoms with Gasteiger partial charge in [-0.2, -0.15) is 0 Å². The van der Waals surface area contributed by atoms with Crippen LogP contribution in [0.15, 0.2) is 30.5 Å². The summed E-state index contributed by atoms with van der Waals surface area (Å²) in [4.78, 5) is 0. The Labute approximate surface area is 97.2 Å². The molecule has 2 N–H and O–H groups in total. The molecule has 0 aliphatic rings. The fourth-order valence-corrected chi connectivity index (χ4v) is 2.34. The molecular weight excluding hydrogens is 287 g/mol. The number of halogens is 1. The van der Waals surface area contributed by atoms with Gasteiger partial charge in [-0.25, -0.2) is 0 Å². The van der Waals surface area contributed by atoms with Gasteiger partial charge in [0.1, 0.15) is 0 Å². The third-order valence-corrected chi connectivity index (χ3v) is 3.15. The third-order valence-electron chi connectivity index (χ3n) is 2.41. The van der Waals surface area contributed by atoms with E-state index in [4.69, 9.17) is 5.73 Å². The van der Waals surface area contributed by atoms with E-state index < -0.39 is 0 Å². The van der Waals surface area contributed by atoms with Crippen LogP contribution in [0.25, 0.3) is 10.9 Å². The van der Waals surface area contributed by atoms with Gasteiger partial charge in [0.2, 0.25) is 0 Å². The number of fused-ring (bicyclic) bond motifs is 1. The first-order valence-corrected chi connectivity index (χ1v) is 6.22. The maximum absolute atomic E-state index is 5.59. The van der Waals surface area contributed by atoms with E-state index in [0.717, 1.165) is 17.5 Å². The number of alkyl halides is 1. The van der Waals surface area contributed by atoms with Gasteiger partial charge in [0.25, 0.3) is 0 Å². The van der Waals surface area contributed by atoms with Crippen LogP contribution in [0.4, 0.5) is 0 Å². The molecule has 2 nitrogen and oxygen atoms in total. The molecule has 0 saturated carbocycles. The molecule has 74 valence electrons. The van der Waals surface area contributed by atoms with Gasteiger partial charge >= 0.3 is 0 Å². The Bertz CT molecular complexity index is 434. The summed E-state index contributed by atoms with van der Waals surface area (Å²) in [7, 11) is 0. The molecule has 1 heterocycles. The number of rotatable bonds is 3. The Kier molecular flexibility index (Phi) is 3.08. The average Bonchev–Trinajstić information content (AvgIpc) is 2.58. The van der Waals surface area contributed by atoms with E-state index in [1.165, 1.54) is 16.5 Å². The van der Waals surface area contributed by atoms with Crippen molar-refractivity contribution in [2.24, 2.45) is 5.73 Å². The van der Waals surface area contributed by atoms with Crippen molar-refractivity contribution in [1.29, 1.82) is 0 Å². The molecule has 0 aliphatic carbocycles. The molecule has 0 saturated heterocycles.